The molecule has 0 saturated carbocycles. The van der Waals surface area contributed by atoms with Crippen LogP contribution >= 0.6 is 11.3 Å². The van der Waals surface area contributed by atoms with Crippen molar-refractivity contribution < 1.29 is 9.32 Å². The average molecular weight is 322 g/mol. The van der Waals surface area contributed by atoms with Crippen LogP contribution in [0.3, 0.4) is 0 Å². The van der Waals surface area contributed by atoms with Crippen LogP contribution in [0.2, 0.25) is 0 Å². The third-order valence-corrected chi connectivity index (χ3v) is 4.30. The lowest BCUT2D eigenvalue weighted by Gasteiger charge is -2.23. The van der Waals surface area contributed by atoms with Gasteiger partial charge in [-0.1, -0.05) is 25.9 Å². The molecule has 0 aromatic carbocycles. The Morgan fingerprint density at radius 2 is 2.05 bits per heavy atom. The number of carbonyl (C=O) groups is 1. The van der Waals surface area contributed by atoms with Crippen molar-refractivity contribution in [1.29, 1.82) is 0 Å². The summed E-state index contributed by atoms with van der Waals surface area (Å²) in [4.78, 5) is 16.3. The third kappa shape index (κ3) is 4.14. The fraction of sp³-hybridized carbons (Fsp3) is 0.533. The van der Waals surface area contributed by atoms with Gasteiger partial charge < -0.3 is 4.52 Å². The highest BCUT2D eigenvalue weighted by molar-refractivity contribution is 7.09. The first-order valence-corrected chi connectivity index (χ1v) is 7.98. The Bertz CT molecular complexity index is 626. The molecule has 0 radical (unpaired) electrons. The first-order chi connectivity index (χ1) is 10.2. The average Bonchev–Trinajstić information content (AvgIpc) is 3.06. The summed E-state index contributed by atoms with van der Waals surface area (Å²) in [6.07, 6.45) is 1.76. The number of nitrogens with one attached hydrogen (secondary N) is 2. The van der Waals surface area contributed by atoms with E-state index < -0.39 is 0 Å². The van der Waals surface area contributed by atoms with Gasteiger partial charge in [0.25, 0.3) is 0 Å². The molecule has 0 unspecified atom stereocenters. The molecule has 1 amide bonds. The molecule has 0 spiro atoms. The number of thiazole rings is 1. The van der Waals surface area contributed by atoms with E-state index in [4.69, 9.17) is 4.52 Å². The lowest BCUT2D eigenvalue weighted by Crippen LogP contribution is -2.41. The highest BCUT2D eigenvalue weighted by atomic mass is 32.1. The number of aromatic nitrogens is 2. The van der Waals surface area contributed by atoms with E-state index in [1.807, 2.05) is 40.0 Å². The summed E-state index contributed by atoms with van der Waals surface area (Å²) in [7, 11) is 0. The molecule has 2 aromatic heterocycles. The van der Waals surface area contributed by atoms with E-state index in [0.29, 0.717) is 5.88 Å². The van der Waals surface area contributed by atoms with Gasteiger partial charge in [0.1, 0.15) is 5.01 Å². The van der Waals surface area contributed by atoms with Crippen LogP contribution in [0.5, 0.6) is 0 Å². The summed E-state index contributed by atoms with van der Waals surface area (Å²) in [5.41, 5.74) is 0.333. The first-order valence-electron chi connectivity index (χ1n) is 7.10. The van der Waals surface area contributed by atoms with Crippen LogP contribution in [-0.2, 0) is 15.7 Å². The quantitative estimate of drug-likeness (QED) is 0.885. The first kappa shape index (κ1) is 16.6. The molecule has 22 heavy (non-hydrogen) atoms. The minimum atomic E-state index is -0.358. The molecular weight excluding hydrogens is 300 g/mol. The van der Waals surface area contributed by atoms with E-state index in [9.17, 15) is 4.79 Å². The Morgan fingerprint density at radius 3 is 2.59 bits per heavy atom. The van der Waals surface area contributed by atoms with Gasteiger partial charge in [0.2, 0.25) is 11.8 Å². The lowest BCUT2D eigenvalue weighted by molar-refractivity contribution is -0.115. The van der Waals surface area contributed by atoms with Crippen LogP contribution in [-0.4, -0.2) is 22.6 Å². The monoisotopic (exact) mass is 322 g/mol. The number of carbonyl (C=O) groups excluding carboxylic acids is 1. The van der Waals surface area contributed by atoms with Gasteiger partial charge in [-0.2, -0.15) is 0 Å². The highest BCUT2D eigenvalue weighted by Gasteiger charge is 2.24. The molecule has 0 aliphatic rings. The summed E-state index contributed by atoms with van der Waals surface area (Å²) in [5.74, 6) is 0.185. The van der Waals surface area contributed by atoms with Gasteiger partial charge in [0.15, 0.2) is 0 Å². The highest BCUT2D eigenvalue weighted by Crippen LogP contribution is 2.24. The van der Waals surface area contributed by atoms with Crippen LogP contribution in [0.15, 0.2) is 22.2 Å². The Balaban J connectivity index is 1.90. The van der Waals surface area contributed by atoms with Crippen molar-refractivity contribution in [2.45, 2.75) is 45.6 Å². The van der Waals surface area contributed by atoms with Crippen LogP contribution in [0.4, 0.5) is 5.88 Å². The van der Waals surface area contributed by atoms with Crippen LogP contribution in [0, 0.1) is 0 Å². The Labute approximate surface area is 134 Å². The van der Waals surface area contributed by atoms with E-state index in [0.717, 1.165) is 10.7 Å². The summed E-state index contributed by atoms with van der Waals surface area (Å²) in [6.45, 7) is 10.3. The fourth-order valence-corrected chi connectivity index (χ4v) is 2.52. The largest absolute Gasteiger partial charge is 0.338 e. The van der Waals surface area contributed by atoms with Crippen molar-refractivity contribution in [2.24, 2.45) is 0 Å². The number of amides is 1. The minimum absolute atomic E-state index is 0.114. The molecule has 0 aliphatic carbocycles. The third-order valence-electron chi connectivity index (χ3n) is 3.20. The maximum absolute atomic E-state index is 12.0. The number of nitrogens with zero attached hydrogens (tertiary/aromatic N) is 2. The van der Waals surface area contributed by atoms with Crippen LogP contribution in [0.1, 0.15) is 45.3 Å². The van der Waals surface area contributed by atoms with Crippen molar-refractivity contribution in [3.05, 3.63) is 28.3 Å². The number of hydrogen-bond donors (Lipinski definition) is 2. The molecule has 2 aromatic rings. The second-order valence-corrected chi connectivity index (χ2v) is 7.58. The molecule has 120 valence electrons. The van der Waals surface area contributed by atoms with Gasteiger partial charge in [-0.25, -0.2) is 4.98 Å². The Kier molecular flexibility index (Phi) is 4.67. The van der Waals surface area contributed by atoms with E-state index in [1.54, 1.807) is 23.6 Å². The van der Waals surface area contributed by atoms with Crippen molar-refractivity contribution in [1.82, 2.24) is 15.5 Å². The lowest BCUT2D eigenvalue weighted by atomic mass is 9.92. The van der Waals surface area contributed by atoms with Gasteiger partial charge in [0, 0.05) is 23.1 Å². The molecule has 2 N–H and O–H groups in total. The molecule has 0 aliphatic heterocycles. The van der Waals surface area contributed by atoms with E-state index in [1.165, 1.54) is 0 Å². The SMILES string of the molecule is CC(C)(C)c1cc(NC(=O)CNC(C)(C)c2nccs2)on1. The molecule has 2 rings (SSSR count). The standard InChI is InChI=1S/C15H22N4O2S/c1-14(2,3)10-8-12(21-19-10)18-11(20)9-17-15(4,5)13-16-6-7-22-13/h6-8,17H,9H2,1-5H3,(H,18,20). The smallest absolute Gasteiger partial charge is 0.240 e. The normalized spacial score (nSPS) is 12.4. The van der Waals surface area contributed by atoms with Gasteiger partial charge in [0.05, 0.1) is 17.8 Å². The van der Waals surface area contributed by atoms with Crippen LogP contribution < -0.4 is 10.6 Å². The molecule has 0 bridgehead atoms. The molecular formula is C15H22N4O2S. The number of hydrogen-bond acceptors (Lipinski definition) is 6. The van der Waals surface area contributed by atoms with Gasteiger partial charge in [-0.05, 0) is 13.8 Å². The van der Waals surface area contributed by atoms with E-state index in [-0.39, 0.29) is 23.4 Å². The zero-order valence-corrected chi connectivity index (χ0v) is 14.4. The molecule has 0 fully saturated rings. The molecule has 7 heteroatoms. The topological polar surface area (TPSA) is 80.0 Å². The summed E-state index contributed by atoms with van der Waals surface area (Å²) in [5, 5.41) is 12.7. The Hall–Kier alpha value is -1.73. The predicted molar refractivity (Wildman–Crippen MR) is 87.0 cm³/mol. The van der Waals surface area contributed by atoms with Crippen molar-refractivity contribution in [3.63, 3.8) is 0 Å². The van der Waals surface area contributed by atoms with E-state index >= 15 is 0 Å². The number of anilines is 1. The predicted octanol–water partition coefficient (Wildman–Crippen LogP) is 2.89. The molecule has 2 heterocycles. The summed E-state index contributed by atoms with van der Waals surface area (Å²) in [6, 6.07) is 1.75. The zero-order chi connectivity index (χ0) is 16.4. The maximum atomic E-state index is 12.0. The Morgan fingerprint density at radius 1 is 1.32 bits per heavy atom. The minimum Gasteiger partial charge on any atom is -0.338 e. The fourth-order valence-electron chi connectivity index (χ4n) is 1.78. The van der Waals surface area contributed by atoms with Gasteiger partial charge in [-0.3, -0.25) is 15.4 Å². The van der Waals surface area contributed by atoms with Crippen molar-refractivity contribution in [3.8, 4) is 0 Å². The summed E-state index contributed by atoms with van der Waals surface area (Å²) >= 11 is 1.56. The van der Waals surface area contributed by atoms with E-state index in [2.05, 4.69) is 20.8 Å². The second kappa shape index (κ2) is 6.18. The maximum Gasteiger partial charge on any atom is 0.240 e. The number of rotatable bonds is 5. The molecule has 0 atom stereocenters. The second-order valence-electron chi connectivity index (χ2n) is 6.69. The van der Waals surface area contributed by atoms with Crippen molar-refractivity contribution in [2.75, 3.05) is 11.9 Å². The van der Waals surface area contributed by atoms with Gasteiger partial charge in [-0.15, -0.1) is 11.3 Å². The summed E-state index contributed by atoms with van der Waals surface area (Å²) < 4.78 is 5.15. The van der Waals surface area contributed by atoms with Crippen molar-refractivity contribution >= 4 is 23.1 Å². The van der Waals surface area contributed by atoms with Crippen LogP contribution in [0.25, 0.3) is 0 Å². The molecule has 0 saturated heterocycles. The van der Waals surface area contributed by atoms with Gasteiger partial charge >= 0.3 is 0 Å². The zero-order valence-electron chi connectivity index (χ0n) is 13.6. The molecule has 6 nitrogen and oxygen atoms in total.